The predicted octanol–water partition coefficient (Wildman–Crippen LogP) is 20.6. The number of unbranched alkanes of at least 4 members (excludes halogenated alkanes) is 37. The molecule has 0 aromatic rings. The standard InChI is InChI=1S/C64H116O6/c1-4-7-10-13-16-19-22-24-26-28-30-32-34-35-37-39-42-45-48-51-54-57-63(66)69-60-61(59-68-62(65)56-53-50-47-44-41-21-18-15-12-9-6-3)70-64(67)58-55-52-49-46-43-40-38-36-33-31-29-27-25-23-20-17-14-11-8-5-2/h7,10,16,19,24,26,30,32,61H,4-6,8-9,11-15,17-18,20-23,25,27-29,31,33-60H2,1-3H3/b10-7-,19-16-,26-24-,32-30-. The number of rotatable bonds is 56. The van der Waals surface area contributed by atoms with E-state index in [1.165, 1.54) is 193 Å². The molecule has 0 aliphatic heterocycles. The minimum atomic E-state index is -0.772. The first-order chi connectivity index (χ1) is 34.5. The van der Waals surface area contributed by atoms with Crippen LogP contribution >= 0.6 is 0 Å². The zero-order valence-corrected chi connectivity index (χ0v) is 46.8. The number of hydrogen-bond donors (Lipinski definition) is 0. The van der Waals surface area contributed by atoms with Crippen LogP contribution in [-0.2, 0) is 28.6 Å². The summed E-state index contributed by atoms with van der Waals surface area (Å²) in [6, 6.07) is 0. The van der Waals surface area contributed by atoms with Gasteiger partial charge >= 0.3 is 17.9 Å². The van der Waals surface area contributed by atoms with Gasteiger partial charge in [-0.25, -0.2) is 0 Å². The molecule has 0 amide bonds. The molecule has 0 bridgehead atoms. The number of carbonyl (C=O) groups excluding carboxylic acids is 3. The van der Waals surface area contributed by atoms with Crippen LogP contribution in [0.3, 0.4) is 0 Å². The highest BCUT2D eigenvalue weighted by atomic mass is 16.6. The smallest absolute Gasteiger partial charge is 0.306 e. The van der Waals surface area contributed by atoms with Crippen molar-refractivity contribution in [1.82, 2.24) is 0 Å². The third-order valence-electron chi connectivity index (χ3n) is 13.6. The summed E-state index contributed by atoms with van der Waals surface area (Å²) >= 11 is 0. The summed E-state index contributed by atoms with van der Waals surface area (Å²) in [4.78, 5) is 38.2. The molecule has 0 aliphatic rings. The van der Waals surface area contributed by atoms with Crippen LogP contribution in [-0.4, -0.2) is 37.2 Å². The summed E-state index contributed by atoms with van der Waals surface area (Å²) in [5, 5.41) is 0. The highest BCUT2D eigenvalue weighted by Crippen LogP contribution is 2.17. The van der Waals surface area contributed by atoms with Crippen molar-refractivity contribution >= 4 is 17.9 Å². The van der Waals surface area contributed by atoms with Gasteiger partial charge in [0.1, 0.15) is 13.2 Å². The van der Waals surface area contributed by atoms with Gasteiger partial charge < -0.3 is 14.2 Å². The van der Waals surface area contributed by atoms with Crippen LogP contribution in [0.2, 0.25) is 0 Å². The first-order valence-electron chi connectivity index (χ1n) is 30.6. The second-order valence-corrected chi connectivity index (χ2v) is 20.6. The minimum absolute atomic E-state index is 0.0709. The Balaban J connectivity index is 4.28. The Labute approximate surface area is 435 Å². The van der Waals surface area contributed by atoms with E-state index in [2.05, 4.69) is 69.4 Å². The monoisotopic (exact) mass is 981 g/mol. The van der Waals surface area contributed by atoms with E-state index in [1.54, 1.807) is 0 Å². The lowest BCUT2D eigenvalue weighted by atomic mass is 10.0. The fourth-order valence-corrected chi connectivity index (χ4v) is 9.02. The molecule has 70 heavy (non-hydrogen) atoms. The molecule has 1 unspecified atom stereocenters. The van der Waals surface area contributed by atoms with Gasteiger partial charge in [-0.05, 0) is 57.8 Å². The first-order valence-corrected chi connectivity index (χ1v) is 30.6. The Hall–Kier alpha value is -2.63. The van der Waals surface area contributed by atoms with Gasteiger partial charge in [-0.2, -0.15) is 0 Å². The molecule has 0 N–H and O–H groups in total. The molecule has 0 saturated heterocycles. The molecule has 0 aromatic carbocycles. The molecule has 0 aromatic heterocycles. The molecule has 0 aliphatic carbocycles. The lowest BCUT2D eigenvalue weighted by Crippen LogP contribution is -2.30. The Morgan fingerprint density at radius 3 is 0.871 bits per heavy atom. The first kappa shape index (κ1) is 67.4. The SMILES string of the molecule is CC/C=C\C/C=C\C/C=C\C/C=C\CCCCCCCCCCC(=O)OCC(COC(=O)CCCCCCCCCCCCC)OC(=O)CCCCCCCCCCCCCCCCCCCCCC. The van der Waals surface area contributed by atoms with Crippen molar-refractivity contribution in [3.8, 4) is 0 Å². The normalized spacial score (nSPS) is 12.3. The Morgan fingerprint density at radius 1 is 0.300 bits per heavy atom. The zero-order chi connectivity index (χ0) is 50.7. The van der Waals surface area contributed by atoms with Crippen molar-refractivity contribution in [3.63, 3.8) is 0 Å². The highest BCUT2D eigenvalue weighted by molar-refractivity contribution is 5.71. The van der Waals surface area contributed by atoms with E-state index in [-0.39, 0.29) is 31.1 Å². The Bertz CT molecular complexity index is 1220. The molecule has 0 heterocycles. The van der Waals surface area contributed by atoms with Crippen LogP contribution in [0.5, 0.6) is 0 Å². The predicted molar refractivity (Wildman–Crippen MR) is 302 cm³/mol. The molecule has 0 spiro atoms. The van der Waals surface area contributed by atoms with E-state index < -0.39 is 6.10 Å². The van der Waals surface area contributed by atoms with E-state index in [4.69, 9.17) is 14.2 Å². The van der Waals surface area contributed by atoms with Crippen LogP contribution < -0.4 is 0 Å². The number of ether oxygens (including phenoxy) is 3. The Kier molecular flexibility index (Phi) is 56.7. The van der Waals surface area contributed by atoms with Crippen LogP contribution in [0.1, 0.15) is 323 Å². The van der Waals surface area contributed by atoms with E-state index >= 15 is 0 Å². The lowest BCUT2D eigenvalue weighted by molar-refractivity contribution is -0.167. The van der Waals surface area contributed by atoms with Gasteiger partial charge in [-0.15, -0.1) is 0 Å². The Morgan fingerprint density at radius 2 is 0.557 bits per heavy atom. The molecule has 1 atom stereocenters. The van der Waals surface area contributed by atoms with Gasteiger partial charge in [-0.3, -0.25) is 14.4 Å². The second kappa shape index (κ2) is 58.9. The van der Waals surface area contributed by atoms with E-state index in [1.807, 2.05) is 0 Å². The number of hydrogen-bond acceptors (Lipinski definition) is 6. The summed E-state index contributed by atoms with van der Waals surface area (Å²) < 4.78 is 16.9. The largest absolute Gasteiger partial charge is 0.462 e. The van der Waals surface area contributed by atoms with Crippen LogP contribution in [0, 0.1) is 0 Å². The third-order valence-corrected chi connectivity index (χ3v) is 13.6. The average molecular weight is 982 g/mol. The van der Waals surface area contributed by atoms with E-state index in [0.717, 1.165) is 89.9 Å². The summed E-state index contributed by atoms with van der Waals surface area (Å²) in [5.41, 5.74) is 0. The van der Waals surface area contributed by atoms with Gasteiger partial charge in [0.05, 0.1) is 0 Å². The minimum Gasteiger partial charge on any atom is -0.462 e. The third kappa shape index (κ3) is 56.3. The fraction of sp³-hybridized carbons (Fsp3) is 0.828. The molecule has 0 fully saturated rings. The quantitative estimate of drug-likeness (QED) is 0.0261. The van der Waals surface area contributed by atoms with Crippen molar-refractivity contribution in [2.45, 2.75) is 329 Å². The summed E-state index contributed by atoms with van der Waals surface area (Å²) in [7, 11) is 0. The van der Waals surface area contributed by atoms with Gasteiger partial charge in [0.2, 0.25) is 0 Å². The van der Waals surface area contributed by atoms with Gasteiger partial charge in [-0.1, -0.05) is 294 Å². The van der Waals surface area contributed by atoms with Crippen molar-refractivity contribution in [2.75, 3.05) is 13.2 Å². The van der Waals surface area contributed by atoms with Crippen molar-refractivity contribution < 1.29 is 28.6 Å². The summed E-state index contributed by atoms with van der Waals surface area (Å²) in [5.74, 6) is -0.860. The molecule has 408 valence electrons. The molecule has 0 radical (unpaired) electrons. The van der Waals surface area contributed by atoms with Crippen molar-refractivity contribution in [1.29, 1.82) is 0 Å². The maximum Gasteiger partial charge on any atom is 0.306 e. The van der Waals surface area contributed by atoms with Gasteiger partial charge in [0, 0.05) is 19.3 Å². The van der Waals surface area contributed by atoms with Gasteiger partial charge in [0.25, 0.3) is 0 Å². The van der Waals surface area contributed by atoms with Crippen LogP contribution in [0.25, 0.3) is 0 Å². The molecule has 6 nitrogen and oxygen atoms in total. The van der Waals surface area contributed by atoms with Crippen molar-refractivity contribution in [3.05, 3.63) is 48.6 Å². The molecule has 0 saturated carbocycles. The fourth-order valence-electron chi connectivity index (χ4n) is 9.02. The second-order valence-electron chi connectivity index (χ2n) is 20.6. The maximum absolute atomic E-state index is 12.9. The lowest BCUT2D eigenvalue weighted by Gasteiger charge is -2.18. The average Bonchev–Trinajstić information content (AvgIpc) is 3.36. The molecule has 0 rings (SSSR count). The number of carbonyl (C=O) groups is 3. The maximum atomic E-state index is 12.9. The molecule has 6 heteroatoms. The van der Waals surface area contributed by atoms with E-state index in [9.17, 15) is 14.4 Å². The van der Waals surface area contributed by atoms with Crippen molar-refractivity contribution in [2.24, 2.45) is 0 Å². The molecular weight excluding hydrogens is 865 g/mol. The molecular formula is C64H116O6. The van der Waals surface area contributed by atoms with Crippen LogP contribution in [0.15, 0.2) is 48.6 Å². The topological polar surface area (TPSA) is 78.9 Å². The van der Waals surface area contributed by atoms with E-state index in [0.29, 0.717) is 19.3 Å². The van der Waals surface area contributed by atoms with Crippen LogP contribution in [0.4, 0.5) is 0 Å². The zero-order valence-electron chi connectivity index (χ0n) is 46.8. The summed E-state index contributed by atoms with van der Waals surface area (Å²) in [6.45, 7) is 6.56. The summed E-state index contributed by atoms with van der Waals surface area (Å²) in [6.07, 6.45) is 72.5. The number of esters is 3. The number of allylic oxidation sites excluding steroid dienone is 8. The highest BCUT2D eigenvalue weighted by Gasteiger charge is 2.19. The van der Waals surface area contributed by atoms with Gasteiger partial charge in [0.15, 0.2) is 6.10 Å².